The van der Waals surface area contributed by atoms with Crippen molar-refractivity contribution in [2.45, 2.75) is 20.0 Å². The van der Waals surface area contributed by atoms with Gasteiger partial charge in [0.2, 0.25) is 5.78 Å². The van der Waals surface area contributed by atoms with Crippen molar-refractivity contribution in [2.75, 3.05) is 31.1 Å². The third kappa shape index (κ3) is 3.21. The summed E-state index contributed by atoms with van der Waals surface area (Å²) in [5, 5.41) is 18.8. The van der Waals surface area contributed by atoms with Crippen LogP contribution in [0.4, 0.5) is 5.82 Å². The Balaban J connectivity index is 1.43. The lowest BCUT2D eigenvalue weighted by molar-refractivity contribution is 0.243. The van der Waals surface area contributed by atoms with Crippen LogP contribution in [0, 0.1) is 11.3 Å². The molecular weight excluding hydrogens is 392 g/mol. The van der Waals surface area contributed by atoms with Crippen molar-refractivity contribution >= 4 is 22.5 Å². The molecule has 4 heterocycles. The molecule has 0 N–H and O–H groups in total. The zero-order chi connectivity index (χ0) is 21.4. The molecule has 0 atom stereocenters. The summed E-state index contributed by atoms with van der Waals surface area (Å²) in [6.45, 7) is 6.31. The number of aromatic nitrogens is 5. The molecule has 5 rings (SSSR count). The summed E-state index contributed by atoms with van der Waals surface area (Å²) in [6.07, 6.45) is 1.73. The number of nitrogens with zero attached hydrogens (tertiary/aromatic N) is 8. The van der Waals surface area contributed by atoms with Crippen LogP contribution in [-0.4, -0.2) is 55.2 Å². The molecule has 1 aromatic carbocycles. The summed E-state index contributed by atoms with van der Waals surface area (Å²) in [5.41, 5.74) is 1.39. The summed E-state index contributed by atoms with van der Waals surface area (Å²) in [5.74, 6) is 2.14. The number of para-hydroxylation sites is 1. The van der Waals surface area contributed by atoms with Crippen LogP contribution in [0.2, 0.25) is 0 Å². The van der Waals surface area contributed by atoms with Gasteiger partial charge in [-0.2, -0.15) is 5.26 Å². The van der Waals surface area contributed by atoms with Gasteiger partial charge in [0.05, 0.1) is 23.0 Å². The largest absolute Gasteiger partial charge is 0.353 e. The van der Waals surface area contributed by atoms with Crippen molar-refractivity contribution in [1.82, 2.24) is 29.0 Å². The molecule has 3 aromatic heterocycles. The maximum Gasteiger partial charge on any atom is 0.262 e. The highest BCUT2D eigenvalue weighted by Gasteiger charge is 2.23. The Hall–Kier alpha value is -3.77. The van der Waals surface area contributed by atoms with E-state index in [9.17, 15) is 10.1 Å². The first-order chi connectivity index (χ1) is 15.2. The Morgan fingerprint density at radius 1 is 1.06 bits per heavy atom. The van der Waals surface area contributed by atoms with E-state index in [0.29, 0.717) is 29.8 Å². The zero-order valence-electron chi connectivity index (χ0n) is 17.3. The molecule has 0 aliphatic carbocycles. The van der Waals surface area contributed by atoms with E-state index >= 15 is 0 Å². The summed E-state index contributed by atoms with van der Waals surface area (Å²) in [4.78, 5) is 21.7. The molecule has 1 aliphatic rings. The number of rotatable bonds is 4. The summed E-state index contributed by atoms with van der Waals surface area (Å²) in [7, 11) is 0. The van der Waals surface area contributed by atoms with Crippen molar-refractivity contribution < 1.29 is 0 Å². The quantitative estimate of drug-likeness (QED) is 0.501. The van der Waals surface area contributed by atoms with Crippen LogP contribution in [0.5, 0.6) is 0 Å². The Bertz CT molecular complexity index is 1360. The SMILES string of the molecule is CCn1c(=O)c2ccccc2n2c(CN3CCN(c4ncccc4C#N)CC3)nnc12. The lowest BCUT2D eigenvalue weighted by Crippen LogP contribution is -2.46. The van der Waals surface area contributed by atoms with E-state index in [-0.39, 0.29) is 5.56 Å². The van der Waals surface area contributed by atoms with E-state index in [1.807, 2.05) is 35.6 Å². The van der Waals surface area contributed by atoms with Crippen LogP contribution in [-0.2, 0) is 13.1 Å². The first kappa shape index (κ1) is 19.2. The van der Waals surface area contributed by atoms with Gasteiger partial charge in [-0.25, -0.2) is 4.98 Å². The number of hydrogen-bond acceptors (Lipinski definition) is 7. The van der Waals surface area contributed by atoms with Gasteiger partial charge >= 0.3 is 0 Å². The monoisotopic (exact) mass is 414 g/mol. The summed E-state index contributed by atoms with van der Waals surface area (Å²) < 4.78 is 3.67. The van der Waals surface area contributed by atoms with Crippen molar-refractivity contribution in [3.63, 3.8) is 0 Å². The second-order valence-electron chi connectivity index (χ2n) is 7.57. The number of aryl methyl sites for hydroxylation is 1. The molecule has 9 heteroatoms. The summed E-state index contributed by atoms with van der Waals surface area (Å²) >= 11 is 0. The number of nitriles is 1. The third-order valence-electron chi connectivity index (χ3n) is 5.84. The smallest absolute Gasteiger partial charge is 0.262 e. The normalized spacial score (nSPS) is 14.9. The van der Waals surface area contributed by atoms with E-state index in [1.54, 1.807) is 22.9 Å². The van der Waals surface area contributed by atoms with Gasteiger partial charge in [-0.15, -0.1) is 10.2 Å². The molecule has 9 nitrogen and oxygen atoms in total. The fourth-order valence-corrected chi connectivity index (χ4v) is 4.26. The fourth-order valence-electron chi connectivity index (χ4n) is 4.26. The van der Waals surface area contributed by atoms with Crippen LogP contribution in [0.3, 0.4) is 0 Å². The van der Waals surface area contributed by atoms with Gasteiger partial charge in [-0.05, 0) is 31.2 Å². The molecular formula is C22H22N8O. The first-order valence-corrected chi connectivity index (χ1v) is 10.4. The first-order valence-electron chi connectivity index (χ1n) is 10.4. The molecule has 31 heavy (non-hydrogen) atoms. The molecule has 1 fully saturated rings. The lowest BCUT2D eigenvalue weighted by Gasteiger charge is -2.35. The molecule has 1 saturated heterocycles. The molecule has 0 radical (unpaired) electrons. The second-order valence-corrected chi connectivity index (χ2v) is 7.57. The van der Waals surface area contributed by atoms with Gasteiger partial charge in [0.1, 0.15) is 11.9 Å². The van der Waals surface area contributed by atoms with Gasteiger partial charge < -0.3 is 4.90 Å². The molecule has 0 spiro atoms. The minimum absolute atomic E-state index is 0.0400. The Morgan fingerprint density at radius 2 is 1.87 bits per heavy atom. The number of hydrogen-bond donors (Lipinski definition) is 0. The number of piperazine rings is 1. The predicted octanol–water partition coefficient (Wildman–Crippen LogP) is 1.65. The maximum absolute atomic E-state index is 12.8. The molecule has 1 aliphatic heterocycles. The minimum Gasteiger partial charge on any atom is -0.353 e. The van der Waals surface area contributed by atoms with Gasteiger partial charge in [0.15, 0.2) is 5.82 Å². The van der Waals surface area contributed by atoms with Crippen LogP contribution in [0.25, 0.3) is 16.7 Å². The number of anilines is 1. The Labute approximate surface area is 178 Å². The molecule has 156 valence electrons. The second kappa shape index (κ2) is 7.81. The molecule has 4 aromatic rings. The standard InChI is InChI=1S/C22H22N8O/c1-2-29-21(31)17-7-3-4-8-18(17)30-19(25-26-22(29)30)15-27-10-12-28(13-11-27)20-16(14-23)6-5-9-24-20/h3-9H,2,10-13,15H2,1H3. The molecule has 0 amide bonds. The fraction of sp³-hybridized carbons (Fsp3) is 0.318. The Morgan fingerprint density at radius 3 is 2.65 bits per heavy atom. The highest BCUT2D eigenvalue weighted by molar-refractivity contribution is 5.80. The van der Waals surface area contributed by atoms with Crippen molar-refractivity contribution in [1.29, 1.82) is 5.26 Å². The van der Waals surface area contributed by atoms with Crippen LogP contribution in [0.15, 0.2) is 47.4 Å². The predicted molar refractivity (Wildman–Crippen MR) is 117 cm³/mol. The van der Waals surface area contributed by atoms with Crippen molar-refractivity contribution in [2.24, 2.45) is 0 Å². The summed E-state index contributed by atoms with van der Waals surface area (Å²) in [6, 6.07) is 13.4. The highest BCUT2D eigenvalue weighted by atomic mass is 16.1. The number of fused-ring (bicyclic) bond motifs is 3. The van der Waals surface area contributed by atoms with Gasteiger partial charge in [0.25, 0.3) is 5.56 Å². The van der Waals surface area contributed by atoms with E-state index in [4.69, 9.17) is 0 Å². The van der Waals surface area contributed by atoms with E-state index < -0.39 is 0 Å². The Kier molecular flexibility index (Phi) is 4.84. The average Bonchev–Trinajstić information content (AvgIpc) is 3.23. The van der Waals surface area contributed by atoms with Crippen molar-refractivity contribution in [3.8, 4) is 6.07 Å². The minimum atomic E-state index is -0.0400. The highest BCUT2D eigenvalue weighted by Crippen LogP contribution is 2.20. The zero-order valence-corrected chi connectivity index (χ0v) is 17.3. The van der Waals surface area contributed by atoms with Crippen LogP contribution in [0.1, 0.15) is 18.3 Å². The van der Waals surface area contributed by atoms with Crippen LogP contribution >= 0.6 is 0 Å². The molecule has 0 bridgehead atoms. The van der Waals surface area contributed by atoms with Crippen LogP contribution < -0.4 is 10.5 Å². The van der Waals surface area contributed by atoms with E-state index in [1.165, 1.54) is 0 Å². The van der Waals surface area contributed by atoms with Gasteiger partial charge in [-0.3, -0.25) is 18.7 Å². The number of pyridine rings is 1. The molecule has 0 saturated carbocycles. The lowest BCUT2D eigenvalue weighted by atomic mass is 10.2. The van der Waals surface area contributed by atoms with E-state index in [2.05, 4.69) is 31.1 Å². The van der Waals surface area contributed by atoms with Crippen molar-refractivity contribution in [3.05, 3.63) is 64.3 Å². The van der Waals surface area contributed by atoms with E-state index in [0.717, 1.165) is 43.3 Å². The maximum atomic E-state index is 12.8. The molecule has 0 unspecified atom stereocenters. The van der Waals surface area contributed by atoms with Gasteiger partial charge in [-0.1, -0.05) is 12.1 Å². The average molecular weight is 414 g/mol. The third-order valence-corrected chi connectivity index (χ3v) is 5.84. The topological polar surface area (TPSA) is 95.3 Å². The van der Waals surface area contributed by atoms with Gasteiger partial charge in [0, 0.05) is 38.9 Å². The number of benzene rings is 1.